The standard InChI is InChI=1S/C23H20N2O3S2/c1-25-19-13-16(22(26)24-14-18-7-4-10-29-18)8-9-20(19)30-21(23(25)27)12-15-5-3-6-17(11-15)28-2/h3-13H,14H2,1-2H3,(H,24,26)/b21-12-. The summed E-state index contributed by atoms with van der Waals surface area (Å²) in [6.07, 6.45) is 1.86. The maximum absolute atomic E-state index is 12.9. The summed E-state index contributed by atoms with van der Waals surface area (Å²) in [6.45, 7) is 0.491. The molecule has 0 aliphatic carbocycles. The first kappa shape index (κ1) is 20.3. The lowest BCUT2D eigenvalue weighted by molar-refractivity contribution is -0.114. The Morgan fingerprint density at radius 2 is 2.03 bits per heavy atom. The van der Waals surface area contributed by atoms with E-state index < -0.39 is 0 Å². The number of anilines is 1. The maximum Gasteiger partial charge on any atom is 0.264 e. The summed E-state index contributed by atoms with van der Waals surface area (Å²) >= 11 is 3.01. The summed E-state index contributed by atoms with van der Waals surface area (Å²) < 4.78 is 5.26. The maximum atomic E-state index is 12.9. The predicted octanol–water partition coefficient (Wildman–Crippen LogP) is 4.80. The highest BCUT2D eigenvalue weighted by molar-refractivity contribution is 8.04. The molecule has 5 nitrogen and oxygen atoms in total. The first-order valence-corrected chi connectivity index (χ1v) is 11.0. The first-order chi connectivity index (χ1) is 14.5. The van der Waals surface area contributed by atoms with Gasteiger partial charge in [-0.2, -0.15) is 0 Å². The topological polar surface area (TPSA) is 58.6 Å². The van der Waals surface area contributed by atoms with E-state index in [2.05, 4.69) is 5.32 Å². The van der Waals surface area contributed by atoms with E-state index >= 15 is 0 Å². The minimum atomic E-state index is -0.158. The van der Waals surface area contributed by atoms with E-state index in [-0.39, 0.29) is 11.8 Å². The molecule has 2 amide bonds. The number of rotatable bonds is 5. The average molecular weight is 437 g/mol. The number of fused-ring (bicyclic) bond motifs is 1. The highest BCUT2D eigenvalue weighted by Crippen LogP contribution is 2.42. The Labute approximate surface area is 183 Å². The third-order valence-corrected chi connectivity index (χ3v) is 6.67. The van der Waals surface area contributed by atoms with E-state index in [1.807, 2.05) is 53.9 Å². The molecule has 2 aromatic carbocycles. The third kappa shape index (κ3) is 4.27. The Morgan fingerprint density at radius 1 is 1.17 bits per heavy atom. The molecule has 2 heterocycles. The van der Waals surface area contributed by atoms with Crippen LogP contribution in [0.5, 0.6) is 5.75 Å². The number of nitrogens with one attached hydrogen (secondary N) is 1. The SMILES string of the molecule is COc1cccc(/C=C2\Sc3ccc(C(=O)NCc4cccs4)cc3N(C)C2=O)c1. The van der Waals surface area contributed by atoms with Crippen molar-refractivity contribution in [3.05, 3.63) is 80.9 Å². The fraction of sp³-hybridized carbons (Fsp3) is 0.130. The van der Waals surface area contributed by atoms with Crippen LogP contribution in [0, 0.1) is 0 Å². The van der Waals surface area contributed by atoms with Crippen molar-refractivity contribution >= 4 is 46.7 Å². The van der Waals surface area contributed by atoms with Gasteiger partial charge >= 0.3 is 0 Å². The number of likely N-dealkylation sites (N-methyl/N-ethyl adjacent to an activating group) is 1. The summed E-state index contributed by atoms with van der Waals surface area (Å²) in [5.74, 6) is 0.478. The fourth-order valence-electron chi connectivity index (χ4n) is 3.10. The molecule has 1 aliphatic rings. The average Bonchev–Trinajstić information content (AvgIpc) is 3.29. The summed E-state index contributed by atoms with van der Waals surface area (Å²) in [6, 6.07) is 17.0. The Balaban J connectivity index is 1.55. The Morgan fingerprint density at radius 3 is 2.80 bits per heavy atom. The number of carbonyl (C=O) groups excluding carboxylic acids is 2. The van der Waals surface area contributed by atoms with Crippen molar-refractivity contribution in [2.45, 2.75) is 11.4 Å². The van der Waals surface area contributed by atoms with Crippen molar-refractivity contribution < 1.29 is 14.3 Å². The highest BCUT2D eigenvalue weighted by Gasteiger charge is 2.27. The summed E-state index contributed by atoms with van der Waals surface area (Å²) in [4.78, 5) is 29.7. The van der Waals surface area contributed by atoms with Crippen molar-refractivity contribution in [1.29, 1.82) is 0 Å². The molecule has 0 bridgehead atoms. The van der Waals surface area contributed by atoms with E-state index in [0.717, 1.165) is 26.8 Å². The minimum Gasteiger partial charge on any atom is -0.497 e. The summed E-state index contributed by atoms with van der Waals surface area (Å²) in [5.41, 5.74) is 2.16. The molecular weight excluding hydrogens is 416 g/mol. The fourth-order valence-corrected chi connectivity index (χ4v) is 4.84. The Kier molecular flexibility index (Phi) is 5.92. The normalized spacial score (nSPS) is 14.5. The van der Waals surface area contributed by atoms with Gasteiger partial charge in [0.1, 0.15) is 5.75 Å². The van der Waals surface area contributed by atoms with Crippen LogP contribution < -0.4 is 15.0 Å². The number of benzene rings is 2. The number of amides is 2. The van der Waals surface area contributed by atoms with Crippen LogP contribution in [0.3, 0.4) is 0 Å². The van der Waals surface area contributed by atoms with Gasteiger partial charge in [-0.05, 0) is 53.4 Å². The molecule has 3 aromatic rings. The molecule has 4 rings (SSSR count). The minimum absolute atomic E-state index is 0.105. The third-order valence-electron chi connectivity index (χ3n) is 4.71. The number of nitrogens with zero attached hydrogens (tertiary/aromatic N) is 1. The quantitative estimate of drug-likeness (QED) is 0.584. The van der Waals surface area contributed by atoms with Crippen LogP contribution in [0.2, 0.25) is 0 Å². The van der Waals surface area contributed by atoms with Gasteiger partial charge in [0.25, 0.3) is 11.8 Å². The lowest BCUT2D eigenvalue weighted by Crippen LogP contribution is -2.30. The zero-order valence-electron chi connectivity index (χ0n) is 16.5. The predicted molar refractivity (Wildman–Crippen MR) is 122 cm³/mol. The van der Waals surface area contributed by atoms with E-state index in [9.17, 15) is 9.59 Å². The van der Waals surface area contributed by atoms with E-state index in [4.69, 9.17) is 4.74 Å². The van der Waals surface area contributed by atoms with Gasteiger partial charge in [0.2, 0.25) is 0 Å². The molecule has 30 heavy (non-hydrogen) atoms. The van der Waals surface area contributed by atoms with Crippen LogP contribution >= 0.6 is 23.1 Å². The molecule has 0 saturated carbocycles. The first-order valence-electron chi connectivity index (χ1n) is 9.31. The second-order valence-electron chi connectivity index (χ2n) is 6.70. The van der Waals surface area contributed by atoms with E-state index in [1.165, 1.54) is 11.8 Å². The van der Waals surface area contributed by atoms with Crippen molar-refractivity contribution in [3.63, 3.8) is 0 Å². The summed E-state index contributed by atoms with van der Waals surface area (Å²) in [7, 11) is 3.35. The molecule has 0 atom stereocenters. The van der Waals surface area contributed by atoms with Crippen molar-refractivity contribution in [3.8, 4) is 5.75 Å². The molecule has 0 fully saturated rings. The van der Waals surface area contributed by atoms with Crippen LogP contribution in [0.4, 0.5) is 5.69 Å². The number of thioether (sulfide) groups is 1. The van der Waals surface area contributed by atoms with Gasteiger partial charge in [-0.25, -0.2) is 0 Å². The molecule has 0 unspecified atom stereocenters. The van der Waals surface area contributed by atoms with Crippen LogP contribution in [-0.4, -0.2) is 26.0 Å². The smallest absolute Gasteiger partial charge is 0.264 e. The van der Waals surface area contributed by atoms with Gasteiger partial charge < -0.3 is 15.0 Å². The second-order valence-corrected chi connectivity index (χ2v) is 8.81. The van der Waals surface area contributed by atoms with Gasteiger partial charge in [-0.1, -0.05) is 30.0 Å². The zero-order valence-corrected chi connectivity index (χ0v) is 18.2. The van der Waals surface area contributed by atoms with Gasteiger partial charge in [-0.3, -0.25) is 9.59 Å². The molecule has 1 aromatic heterocycles. The van der Waals surface area contributed by atoms with Crippen LogP contribution in [0.25, 0.3) is 6.08 Å². The van der Waals surface area contributed by atoms with E-state index in [1.54, 1.807) is 42.5 Å². The lowest BCUT2D eigenvalue weighted by Gasteiger charge is -2.27. The largest absolute Gasteiger partial charge is 0.497 e. The second kappa shape index (κ2) is 8.77. The van der Waals surface area contributed by atoms with Gasteiger partial charge in [0.15, 0.2) is 0 Å². The molecule has 0 radical (unpaired) electrons. The lowest BCUT2D eigenvalue weighted by atomic mass is 10.1. The van der Waals surface area contributed by atoms with Crippen molar-refractivity contribution in [2.24, 2.45) is 0 Å². The van der Waals surface area contributed by atoms with Gasteiger partial charge in [0, 0.05) is 22.4 Å². The molecule has 1 aliphatic heterocycles. The van der Waals surface area contributed by atoms with Crippen LogP contribution in [0.15, 0.2) is 69.8 Å². The van der Waals surface area contributed by atoms with E-state index in [0.29, 0.717) is 17.0 Å². The molecule has 1 N–H and O–H groups in total. The number of thiophene rings is 1. The molecule has 7 heteroatoms. The van der Waals surface area contributed by atoms with Crippen LogP contribution in [-0.2, 0) is 11.3 Å². The molecule has 0 spiro atoms. The van der Waals surface area contributed by atoms with Gasteiger partial charge in [0.05, 0.1) is 24.2 Å². The van der Waals surface area contributed by atoms with Crippen molar-refractivity contribution in [2.75, 3.05) is 19.1 Å². The highest BCUT2D eigenvalue weighted by atomic mass is 32.2. The molecule has 0 saturated heterocycles. The van der Waals surface area contributed by atoms with Gasteiger partial charge in [-0.15, -0.1) is 11.3 Å². The number of hydrogen-bond acceptors (Lipinski definition) is 5. The summed E-state index contributed by atoms with van der Waals surface area (Å²) in [5, 5.41) is 4.91. The Bertz CT molecular complexity index is 1120. The number of hydrogen-bond donors (Lipinski definition) is 1. The number of carbonyl (C=O) groups is 2. The number of ether oxygens (including phenoxy) is 1. The van der Waals surface area contributed by atoms with Crippen molar-refractivity contribution in [1.82, 2.24) is 5.32 Å². The molecular formula is C23H20N2O3S2. The number of methoxy groups -OCH3 is 1. The Hall–Kier alpha value is -3.03. The molecule has 152 valence electrons. The monoisotopic (exact) mass is 436 g/mol. The zero-order chi connectivity index (χ0) is 21.1. The van der Waals surface area contributed by atoms with Crippen LogP contribution in [0.1, 0.15) is 20.8 Å².